The molecule has 0 saturated carbocycles. The van der Waals surface area contributed by atoms with Crippen LogP contribution in [-0.4, -0.2) is 51.8 Å². The van der Waals surface area contributed by atoms with E-state index in [1.807, 2.05) is 18.1 Å². The van der Waals surface area contributed by atoms with E-state index in [1.54, 1.807) is 16.9 Å². The summed E-state index contributed by atoms with van der Waals surface area (Å²) in [5.41, 5.74) is 1.66. The van der Waals surface area contributed by atoms with Gasteiger partial charge < -0.3 is 9.80 Å². The molecule has 0 aromatic carbocycles. The fourth-order valence-corrected chi connectivity index (χ4v) is 3.33. The molecule has 122 valence electrons. The Morgan fingerprint density at radius 1 is 1.26 bits per heavy atom. The molecule has 3 heterocycles. The van der Waals surface area contributed by atoms with E-state index in [9.17, 15) is 4.79 Å². The summed E-state index contributed by atoms with van der Waals surface area (Å²) in [6, 6.07) is 3.84. The smallest absolute Gasteiger partial charge is 0.274 e. The number of pyridine rings is 1. The van der Waals surface area contributed by atoms with Crippen molar-refractivity contribution in [2.24, 2.45) is 7.05 Å². The number of rotatable bonds is 2. The van der Waals surface area contributed by atoms with Crippen molar-refractivity contribution < 1.29 is 4.79 Å². The van der Waals surface area contributed by atoms with Gasteiger partial charge in [-0.2, -0.15) is 5.10 Å². The molecule has 1 saturated heterocycles. The van der Waals surface area contributed by atoms with E-state index in [2.05, 4.69) is 43.9 Å². The number of nitrogens with zero attached hydrogens (tertiary/aromatic N) is 5. The summed E-state index contributed by atoms with van der Waals surface area (Å²) in [5, 5.41) is 4.21. The highest BCUT2D eigenvalue weighted by Gasteiger charge is 2.23. The number of anilines is 1. The molecule has 3 rings (SSSR count). The largest absolute Gasteiger partial charge is 0.355 e. The van der Waals surface area contributed by atoms with Crippen LogP contribution in [-0.2, 0) is 7.05 Å². The number of hydrogen-bond acceptors (Lipinski definition) is 4. The number of amides is 1. The molecular weight excluding hydrogens is 358 g/mol. The Hall–Kier alpha value is -1.89. The lowest BCUT2D eigenvalue weighted by molar-refractivity contribution is 0.0760. The van der Waals surface area contributed by atoms with E-state index in [4.69, 9.17) is 0 Å². The first-order valence-corrected chi connectivity index (χ1v) is 8.50. The Morgan fingerprint density at radius 2 is 2.09 bits per heavy atom. The Labute approximate surface area is 144 Å². The third-order valence-corrected chi connectivity index (χ3v) is 4.47. The fourth-order valence-electron chi connectivity index (χ4n) is 2.89. The summed E-state index contributed by atoms with van der Waals surface area (Å²) in [7, 11) is 1.82. The molecule has 6 nitrogen and oxygen atoms in total. The summed E-state index contributed by atoms with van der Waals surface area (Å²) >= 11 is 3.45. The van der Waals surface area contributed by atoms with Crippen molar-refractivity contribution in [2.75, 3.05) is 31.1 Å². The summed E-state index contributed by atoms with van der Waals surface area (Å²) in [5.74, 6) is 1.01. The lowest BCUT2D eigenvalue weighted by atomic mass is 10.2. The van der Waals surface area contributed by atoms with Crippen LogP contribution in [0, 0.1) is 6.92 Å². The number of aryl methyl sites for hydroxylation is 2. The number of halogens is 1. The van der Waals surface area contributed by atoms with Gasteiger partial charge >= 0.3 is 0 Å². The lowest BCUT2D eigenvalue weighted by Crippen LogP contribution is -2.35. The molecule has 2 aromatic rings. The summed E-state index contributed by atoms with van der Waals surface area (Å²) in [6.45, 7) is 5.19. The van der Waals surface area contributed by atoms with Crippen molar-refractivity contribution in [2.45, 2.75) is 13.3 Å². The van der Waals surface area contributed by atoms with Gasteiger partial charge in [-0.3, -0.25) is 9.48 Å². The van der Waals surface area contributed by atoms with E-state index in [0.29, 0.717) is 12.2 Å². The minimum atomic E-state index is 0.00735. The van der Waals surface area contributed by atoms with Crippen molar-refractivity contribution in [3.8, 4) is 0 Å². The van der Waals surface area contributed by atoms with E-state index in [1.165, 1.54) is 0 Å². The van der Waals surface area contributed by atoms with Gasteiger partial charge in [-0.25, -0.2) is 4.98 Å². The Bertz CT molecular complexity index is 714. The topological polar surface area (TPSA) is 54.3 Å². The third-order valence-electron chi connectivity index (χ3n) is 4.03. The van der Waals surface area contributed by atoms with Gasteiger partial charge in [-0.05, 0) is 47.0 Å². The molecular formula is C16H20BrN5O. The second-order valence-electron chi connectivity index (χ2n) is 5.80. The molecule has 0 unspecified atom stereocenters. The average Bonchev–Trinajstić information content (AvgIpc) is 2.81. The molecule has 0 spiro atoms. The van der Waals surface area contributed by atoms with Crippen molar-refractivity contribution >= 4 is 27.7 Å². The highest BCUT2D eigenvalue weighted by Crippen LogP contribution is 2.22. The number of aromatic nitrogens is 3. The Morgan fingerprint density at radius 3 is 2.78 bits per heavy atom. The number of carbonyl (C=O) groups excluding carboxylic acids is 1. The molecule has 0 atom stereocenters. The third kappa shape index (κ3) is 3.55. The first-order chi connectivity index (χ1) is 11.0. The van der Waals surface area contributed by atoms with Crippen LogP contribution in [0.3, 0.4) is 0 Å². The number of hydrogen-bond donors (Lipinski definition) is 0. The fraction of sp³-hybridized carbons (Fsp3) is 0.438. The minimum absolute atomic E-state index is 0.00735. The molecule has 0 bridgehead atoms. The van der Waals surface area contributed by atoms with E-state index >= 15 is 0 Å². The van der Waals surface area contributed by atoms with Crippen LogP contribution in [0.25, 0.3) is 0 Å². The predicted octanol–water partition coefficient (Wildman–Crippen LogP) is 2.24. The maximum atomic E-state index is 12.5. The highest BCUT2D eigenvalue weighted by molar-refractivity contribution is 9.10. The first-order valence-electron chi connectivity index (χ1n) is 7.70. The van der Waals surface area contributed by atoms with E-state index in [0.717, 1.165) is 41.9 Å². The van der Waals surface area contributed by atoms with Crippen molar-refractivity contribution in [3.63, 3.8) is 0 Å². The van der Waals surface area contributed by atoms with Gasteiger partial charge in [-0.15, -0.1) is 0 Å². The Balaban J connectivity index is 1.70. The SMILES string of the molecule is Cc1cc(Br)cnc1N1CCCN(C(=O)c2ccn(C)n2)CC1. The molecule has 23 heavy (non-hydrogen) atoms. The maximum absolute atomic E-state index is 12.5. The van der Waals surface area contributed by atoms with Crippen molar-refractivity contribution in [3.05, 3.63) is 40.3 Å². The maximum Gasteiger partial charge on any atom is 0.274 e. The van der Waals surface area contributed by atoms with Gasteiger partial charge in [0.25, 0.3) is 5.91 Å². The average molecular weight is 378 g/mol. The van der Waals surface area contributed by atoms with E-state index in [-0.39, 0.29) is 5.91 Å². The van der Waals surface area contributed by atoms with Crippen LogP contribution < -0.4 is 4.90 Å². The molecule has 1 aliphatic heterocycles. The van der Waals surface area contributed by atoms with E-state index < -0.39 is 0 Å². The Kier molecular flexibility index (Phi) is 4.66. The molecule has 1 fully saturated rings. The van der Waals surface area contributed by atoms with Crippen LogP contribution in [0.2, 0.25) is 0 Å². The second-order valence-corrected chi connectivity index (χ2v) is 6.72. The van der Waals surface area contributed by atoms with Crippen LogP contribution in [0.15, 0.2) is 29.0 Å². The van der Waals surface area contributed by atoms with Crippen molar-refractivity contribution in [1.29, 1.82) is 0 Å². The molecule has 0 N–H and O–H groups in total. The minimum Gasteiger partial charge on any atom is -0.355 e. The zero-order valence-electron chi connectivity index (χ0n) is 13.4. The van der Waals surface area contributed by atoms with Gasteiger partial charge in [-0.1, -0.05) is 0 Å². The zero-order chi connectivity index (χ0) is 16.4. The van der Waals surface area contributed by atoms with Gasteiger partial charge in [0.1, 0.15) is 11.5 Å². The molecule has 2 aromatic heterocycles. The van der Waals surface area contributed by atoms with Gasteiger partial charge in [0.05, 0.1) is 0 Å². The van der Waals surface area contributed by atoms with Crippen LogP contribution in [0.1, 0.15) is 22.5 Å². The molecule has 0 radical (unpaired) electrons. The zero-order valence-corrected chi connectivity index (χ0v) is 15.0. The van der Waals surface area contributed by atoms with Crippen LogP contribution in [0.4, 0.5) is 5.82 Å². The highest BCUT2D eigenvalue weighted by atomic mass is 79.9. The van der Waals surface area contributed by atoms with Crippen LogP contribution in [0.5, 0.6) is 0 Å². The van der Waals surface area contributed by atoms with Gasteiger partial charge in [0, 0.05) is 50.1 Å². The monoisotopic (exact) mass is 377 g/mol. The predicted molar refractivity (Wildman–Crippen MR) is 92.6 cm³/mol. The second kappa shape index (κ2) is 6.70. The standard InChI is InChI=1S/C16H20BrN5O/c1-12-10-13(17)11-18-15(12)21-5-3-6-22(9-8-21)16(23)14-4-7-20(2)19-14/h4,7,10-11H,3,5-6,8-9H2,1-2H3. The lowest BCUT2D eigenvalue weighted by Gasteiger charge is -2.24. The van der Waals surface area contributed by atoms with Crippen LogP contribution >= 0.6 is 15.9 Å². The molecule has 1 amide bonds. The molecule has 0 aliphatic carbocycles. The summed E-state index contributed by atoms with van der Waals surface area (Å²) in [4.78, 5) is 21.2. The number of carbonyl (C=O) groups is 1. The van der Waals surface area contributed by atoms with Crippen molar-refractivity contribution in [1.82, 2.24) is 19.7 Å². The summed E-state index contributed by atoms with van der Waals surface area (Å²) < 4.78 is 2.65. The van der Waals surface area contributed by atoms with Gasteiger partial charge in [0.15, 0.2) is 0 Å². The quantitative estimate of drug-likeness (QED) is 0.805. The van der Waals surface area contributed by atoms with Gasteiger partial charge in [0.2, 0.25) is 0 Å². The normalized spacial score (nSPS) is 15.6. The summed E-state index contributed by atoms with van der Waals surface area (Å²) in [6.07, 6.45) is 4.55. The molecule has 1 aliphatic rings. The first kappa shape index (κ1) is 16.0. The molecule has 7 heteroatoms.